The Morgan fingerprint density at radius 2 is 2.57 bits per heavy atom. The highest BCUT2D eigenvalue weighted by atomic mass is 32.2. The third kappa shape index (κ3) is 4.15. The van der Waals surface area contributed by atoms with Gasteiger partial charge in [-0.25, -0.2) is 0 Å². The van der Waals surface area contributed by atoms with Crippen LogP contribution in [0.2, 0.25) is 0 Å². The van der Waals surface area contributed by atoms with Gasteiger partial charge >= 0.3 is 0 Å². The summed E-state index contributed by atoms with van der Waals surface area (Å²) in [5, 5.41) is 1.85. The SMILES string of the molecule is C=CSC([Si])CC. The molecule has 39 valence electrons. The van der Waals surface area contributed by atoms with Crippen LogP contribution < -0.4 is 0 Å². The first-order chi connectivity index (χ1) is 3.31. The first kappa shape index (κ1) is 7.31. The predicted molar refractivity (Wildman–Crippen MR) is 37.6 cm³/mol. The summed E-state index contributed by atoms with van der Waals surface area (Å²) in [7, 11) is 3.47. The molecule has 1 atom stereocenters. The van der Waals surface area contributed by atoms with Gasteiger partial charge in [-0.3, -0.25) is 0 Å². The van der Waals surface area contributed by atoms with Crippen LogP contribution >= 0.6 is 11.8 Å². The molecule has 0 amide bonds. The van der Waals surface area contributed by atoms with E-state index < -0.39 is 0 Å². The van der Waals surface area contributed by atoms with Gasteiger partial charge in [0.2, 0.25) is 0 Å². The first-order valence-electron chi connectivity index (χ1n) is 2.28. The Kier molecular flexibility index (Phi) is 4.66. The van der Waals surface area contributed by atoms with Crippen molar-refractivity contribution in [2.24, 2.45) is 0 Å². The second kappa shape index (κ2) is 4.47. The lowest BCUT2D eigenvalue weighted by atomic mass is 10.6. The molecule has 0 aromatic carbocycles. The lowest BCUT2D eigenvalue weighted by Gasteiger charge is -1.99. The summed E-state index contributed by atoms with van der Waals surface area (Å²) >= 11 is 1.71. The highest BCUT2D eigenvalue weighted by Crippen LogP contribution is 2.09. The number of thioether (sulfide) groups is 1. The molecule has 0 aromatic rings. The fourth-order valence-electron chi connectivity index (χ4n) is 0.212. The van der Waals surface area contributed by atoms with Gasteiger partial charge in [-0.15, -0.1) is 11.8 Å². The fraction of sp³-hybridized carbons (Fsp3) is 0.600. The largest absolute Gasteiger partial charge is 0.135 e. The molecule has 0 aliphatic heterocycles. The van der Waals surface area contributed by atoms with Crippen molar-refractivity contribution in [3.63, 3.8) is 0 Å². The van der Waals surface area contributed by atoms with E-state index in [0.717, 1.165) is 6.42 Å². The van der Waals surface area contributed by atoms with Crippen molar-refractivity contribution >= 4 is 22.0 Å². The number of hydrogen-bond donors (Lipinski definition) is 0. The van der Waals surface area contributed by atoms with Crippen molar-refractivity contribution in [1.29, 1.82) is 0 Å². The van der Waals surface area contributed by atoms with Crippen molar-refractivity contribution in [2.75, 3.05) is 0 Å². The highest BCUT2D eigenvalue weighted by molar-refractivity contribution is 8.03. The molecule has 0 saturated heterocycles. The van der Waals surface area contributed by atoms with E-state index in [2.05, 4.69) is 23.7 Å². The molecule has 7 heavy (non-hydrogen) atoms. The molecule has 0 aliphatic rings. The Labute approximate surface area is 52.8 Å². The maximum atomic E-state index is 3.58. The maximum Gasteiger partial charge on any atom is 0.0419 e. The van der Waals surface area contributed by atoms with Crippen molar-refractivity contribution < 1.29 is 0 Å². The Morgan fingerprint density at radius 1 is 2.00 bits per heavy atom. The van der Waals surface area contributed by atoms with Crippen LogP contribution in [0.4, 0.5) is 0 Å². The van der Waals surface area contributed by atoms with Crippen molar-refractivity contribution in [3.05, 3.63) is 12.0 Å². The minimum atomic E-state index is 0.553. The van der Waals surface area contributed by atoms with E-state index in [-0.39, 0.29) is 0 Å². The van der Waals surface area contributed by atoms with Gasteiger partial charge in [0.05, 0.1) is 0 Å². The average Bonchev–Trinajstić information content (AvgIpc) is 1.68. The molecule has 0 aromatic heterocycles. The second-order valence-corrected chi connectivity index (χ2v) is 3.49. The van der Waals surface area contributed by atoms with Gasteiger partial charge in [0.25, 0.3) is 0 Å². The Hall–Kier alpha value is 0.307. The van der Waals surface area contributed by atoms with Crippen LogP contribution in [0.5, 0.6) is 0 Å². The molecule has 3 radical (unpaired) electrons. The molecule has 0 bridgehead atoms. The maximum absolute atomic E-state index is 3.58. The number of rotatable bonds is 3. The third-order valence-corrected chi connectivity index (χ3v) is 2.30. The van der Waals surface area contributed by atoms with E-state index in [1.54, 1.807) is 11.8 Å². The summed E-state index contributed by atoms with van der Waals surface area (Å²) in [6.07, 6.45) is 1.15. The first-order valence-corrected chi connectivity index (χ1v) is 3.80. The third-order valence-electron chi connectivity index (χ3n) is 0.631. The summed E-state index contributed by atoms with van der Waals surface area (Å²) in [6, 6.07) is 0. The standard InChI is InChI=1S/C5H9SSi/c1-3-5(7)6-4-2/h4-5H,2-3H2,1H3. The van der Waals surface area contributed by atoms with E-state index in [1.165, 1.54) is 0 Å². The minimum Gasteiger partial charge on any atom is -0.135 e. The average molecular weight is 129 g/mol. The van der Waals surface area contributed by atoms with Crippen LogP contribution in [0, 0.1) is 0 Å². The minimum absolute atomic E-state index is 0.553. The highest BCUT2D eigenvalue weighted by Gasteiger charge is 1.91. The van der Waals surface area contributed by atoms with Crippen molar-refractivity contribution in [2.45, 2.75) is 18.2 Å². The van der Waals surface area contributed by atoms with Crippen LogP contribution in [0.15, 0.2) is 12.0 Å². The molecular weight excluding hydrogens is 120 g/mol. The quantitative estimate of drug-likeness (QED) is 0.523. The molecule has 0 aliphatic carbocycles. The Bertz CT molecular complexity index is 54.0. The van der Waals surface area contributed by atoms with E-state index in [4.69, 9.17) is 0 Å². The zero-order valence-corrected chi connectivity index (χ0v) is 6.29. The monoisotopic (exact) mass is 129 g/mol. The van der Waals surface area contributed by atoms with Gasteiger partial charge in [0.15, 0.2) is 0 Å². The van der Waals surface area contributed by atoms with Gasteiger partial charge in [0.1, 0.15) is 0 Å². The van der Waals surface area contributed by atoms with Crippen molar-refractivity contribution in [3.8, 4) is 0 Å². The van der Waals surface area contributed by atoms with E-state index >= 15 is 0 Å². The zero-order valence-electron chi connectivity index (χ0n) is 4.48. The normalized spacial score (nSPS) is 13.4. The molecular formula is C5H9SSi. The van der Waals surface area contributed by atoms with Gasteiger partial charge in [-0.05, 0) is 16.7 Å². The molecule has 2 heteroatoms. The zero-order chi connectivity index (χ0) is 5.70. The topological polar surface area (TPSA) is 0 Å². The van der Waals surface area contributed by atoms with Crippen LogP contribution in [-0.4, -0.2) is 15.1 Å². The van der Waals surface area contributed by atoms with E-state index in [1.807, 2.05) is 5.41 Å². The smallest absolute Gasteiger partial charge is 0.0419 e. The summed E-state index contributed by atoms with van der Waals surface area (Å²) in [5.41, 5.74) is 0. The van der Waals surface area contributed by atoms with Crippen LogP contribution in [0.3, 0.4) is 0 Å². The van der Waals surface area contributed by atoms with Crippen LogP contribution in [0.25, 0.3) is 0 Å². The number of hydrogen-bond acceptors (Lipinski definition) is 1. The lowest BCUT2D eigenvalue weighted by Crippen LogP contribution is -1.95. The van der Waals surface area contributed by atoms with Gasteiger partial charge < -0.3 is 0 Å². The van der Waals surface area contributed by atoms with Gasteiger partial charge in [0, 0.05) is 10.2 Å². The molecule has 0 fully saturated rings. The molecule has 0 saturated carbocycles. The lowest BCUT2D eigenvalue weighted by molar-refractivity contribution is 1.05. The van der Waals surface area contributed by atoms with Crippen LogP contribution in [-0.2, 0) is 0 Å². The Morgan fingerprint density at radius 3 is 2.71 bits per heavy atom. The summed E-state index contributed by atoms with van der Waals surface area (Å²) in [6.45, 7) is 5.71. The Balaban J connectivity index is 2.98. The summed E-state index contributed by atoms with van der Waals surface area (Å²) < 4.78 is 0. The van der Waals surface area contributed by atoms with Crippen molar-refractivity contribution in [1.82, 2.24) is 0 Å². The molecule has 0 rings (SSSR count). The van der Waals surface area contributed by atoms with Gasteiger partial charge in [-0.2, -0.15) is 0 Å². The predicted octanol–water partition coefficient (Wildman–Crippen LogP) is 1.77. The summed E-state index contributed by atoms with van der Waals surface area (Å²) in [4.78, 5) is 0.553. The van der Waals surface area contributed by atoms with Crippen LogP contribution in [0.1, 0.15) is 13.3 Å². The second-order valence-electron chi connectivity index (χ2n) is 1.20. The fourth-order valence-corrected chi connectivity index (χ4v) is 0.926. The van der Waals surface area contributed by atoms with E-state index in [9.17, 15) is 0 Å². The molecule has 0 spiro atoms. The molecule has 0 N–H and O–H groups in total. The summed E-state index contributed by atoms with van der Waals surface area (Å²) in [5.74, 6) is 0. The molecule has 1 unspecified atom stereocenters. The van der Waals surface area contributed by atoms with Gasteiger partial charge in [-0.1, -0.05) is 13.5 Å². The molecule has 0 nitrogen and oxygen atoms in total. The molecule has 0 heterocycles. The van der Waals surface area contributed by atoms with E-state index in [0.29, 0.717) is 4.87 Å².